The highest BCUT2D eigenvalue weighted by Gasteiger charge is 2.25. The molecule has 3 rings (SSSR count). The van der Waals surface area contributed by atoms with Crippen LogP contribution in [0, 0.1) is 12.8 Å². The molecule has 25 heavy (non-hydrogen) atoms. The minimum Gasteiger partial charge on any atom is -0.342 e. The Hall–Kier alpha value is -1.39. The predicted octanol–water partition coefficient (Wildman–Crippen LogP) is 2.59. The summed E-state index contributed by atoms with van der Waals surface area (Å²) in [5.74, 6) is 1.07. The Bertz CT molecular complexity index is 541. The fourth-order valence-electron chi connectivity index (χ4n) is 4.00. The van der Waals surface area contributed by atoms with Crippen LogP contribution in [-0.2, 0) is 11.2 Å². The number of piperidine rings is 2. The third-order valence-electron chi connectivity index (χ3n) is 5.92. The quantitative estimate of drug-likeness (QED) is 0.894. The van der Waals surface area contributed by atoms with Crippen molar-refractivity contribution in [3.63, 3.8) is 0 Å². The van der Waals surface area contributed by atoms with Gasteiger partial charge in [-0.25, -0.2) is 0 Å². The number of carbonyl (C=O) groups excluding carboxylic acids is 1. The van der Waals surface area contributed by atoms with Gasteiger partial charge in [-0.15, -0.1) is 0 Å². The highest BCUT2D eigenvalue weighted by Crippen LogP contribution is 2.23. The molecule has 0 radical (unpaired) electrons. The Morgan fingerprint density at radius 1 is 1.04 bits per heavy atom. The van der Waals surface area contributed by atoms with Gasteiger partial charge in [-0.05, 0) is 56.9 Å². The van der Waals surface area contributed by atoms with Crippen LogP contribution in [-0.4, -0.2) is 54.5 Å². The van der Waals surface area contributed by atoms with Crippen LogP contribution < -0.4 is 5.73 Å². The maximum Gasteiger partial charge on any atom is 0.236 e. The second-order valence-corrected chi connectivity index (χ2v) is 7.96. The predicted molar refractivity (Wildman–Crippen MR) is 102 cm³/mol. The molecule has 2 N–H and O–H groups in total. The van der Waals surface area contributed by atoms with Crippen molar-refractivity contribution in [3.8, 4) is 0 Å². The second-order valence-electron chi connectivity index (χ2n) is 7.96. The molecule has 1 aromatic rings. The summed E-state index contributed by atoms with van der Waals surface area (Å²) in [6, 6.07) is 9.22. The summed E-state index contributed by atoms with van der Waals surface area (Å²) < 4.78 is 0. The minimum atomic E-state index is 0.312. The molecule has 0 bridgehead atoms. The van der Waals surface area contributed by atoms with Gasteiger partial charge in [-0.1, -0.05) is 29.8 Å². The number of aryl methyl sites for hydroxylation is 2. The first kappa shape index (κ1) is 18.4. The summed E-state index contributed by atoms with van der Waals surface area (Å²) >= 11 is 0. The zero-order chi connectivity index (χ0) is 17.6. The Labute approximate surface area is 152 Å². The zero-order valence-corrected chi connectivity index (χ0v) is 15.6. The molecule has 2 heterocycles. The van der Waals surface area contributed by atoms with E-state index in [4.69, 9.17) is 5.73 Å². The smallest absolute Gasteiger partial charge is 0.236 e. The molecule has 4 heteroatoms. The van der Waals surface area contributed by atoms with Crippen molar-refractivity contribution in [2.45, 2.75) is 51.5 Å². The van der Waals surface area contributed by atoms with Crippen LogP contribution in [0.25, 0.3) is 0 Å². The maximum atomic E-state index is 12.5. The van der Waals surface area contributed by atoms with Crippen LogP contribution in [0.3, 0.4) is 0 Å². The molecule has 2 saturated heterocycles. The molecular weight excluding hydrogens is 310 g/mol. The lowest BCUT2D eigenvalue weighted by atomic mass is 9.90. The van der Waals surface area contributed by atoms with E-state index in [1.54, 1.807) is 0 Å². The van der Waals surface area contributed by atoms with E-state index in [1.165, 1.54) is 17.5 Å². The summed E-state index contributed by atoms with van der Waals surface area (Å²) in [5.41, 5.74) is 8.70. The molecule has 2 aliphatic heterocycles. The SMILES string of the molecule is Cc1ccc(CCC2CCN(C(=O)CN3CCC(N)CC3)CC2)cc1. The molecule has 2 fully saturated rings. The zero-order valence-electron chi connectivity index (χ0n) is 15.6. The Morgan fingerprint density at radius 3 is 2.32 bits per heavy atom. The van der Waals surface area contributed by atoms with Gasteiger partial charge in [-0.2, -0.15) is 0 Å². The molecule has 1 amide bonds. The van der Waals surface area contributed by atoms with Gasteiger partial charge in [0.15, 0.2) is 0 Å². The Morgan fingerprint density at radius 2 is 1.68 bits per heavy atom. The molecule has 138 valence electrons. The Kier molecular flexibility index (Phi) is 6.49. The molecule has 0 unspecified atom stereocenters. The van der Waals surface area contributed by atoms with Gasteiger partial charge in [0.05, 0.1) is 6.54 Å². The normalized spacial score (nSPS) is 20.8. The molecule has 0 spiro atoms. The van der Waals surface area contributed by atoms with E-state index in [1.807, 2.05) is 0 Å². The van der Waals surface area contributed by atoms with Gasteiger partial charge in [0.2, 0.25) is 5.91 Å². The van der Waals surface area contributed by atoms with Crippen molar-refractivity contribution in [2.24, 2.45) is 11.7 Å². The van der Waals surface area contributed by atoms with Crippen molar-refractivity contribution in [1.29, 1.82) is 0 Å². The molecule has 0 atom stereocenters. The number of hydrogen-bond acceptors (Lipinski definition) is 3. The molecule has 0 saturated carbocycles. The number of carbonyl (C=O) groups is 1. The second kappa shape index (κ2) is 8.81. The lowest BCUT2D eigenvalue weighted by molar-refractivity contribution is -0.134. The lowest BCUT2D eigenvalue weighted by Gasteiger charge is -2.35. The summed E-state index contributed by atoms with van der Waals surface area (Å²) in [6.07, 6.45) is 6.76. The number of likely N-dealkylation sites (tertiary alicyclic amines) is 2. The number of benzene rings is 1. The van der Waals surface area contributed by atoms with Crippen LogP contribution in [0.1, 0.15) is 43.2 Å². The monoisotopic (exact) mass is 343 g/mol. The third kappa shape index (κ3) is 5.55. The Balaban J connectivity index is 1.36. The van der Waals surface area contributed by atoms with Gasteiger partial charge < -0.3 is 10.6 Å². The van der Waals surface area contributed by atoms with Crippen molar-refractivity contribution in [1.82, 2.24) is 9.80 Å². The van der Waals surface area contributed by atoms with Crippen molar-refractivity contribution in [3.05, 3.63) is 35.4 Å². The van der Waals surface area contributed by atoms with E-state index in [0.717, 1.165) is 64.2 Å². The van der Waals surface area contributed by atoms with Crippen molar-refractivity contribution < 1.29 is 4.79 Å². The number of amides is 1. The highest BCUT2D eigenvalue weighted by atomic mass is 16.2. The number of rotatable bonds is 5. The van der Waals surface area contributed by atoms with E-state index in [2.05, 4.69) is 41.0 Å². The van der Waals surface area contributed by atoms with E-state index < -0.39 is 0 Å². The van der Waals surface area contributed by atoms with Gasteiger partial charge in [0, 0.05) is 32.2 Å². The maximum absolute atomic E-state index is 12.5. The topological polar surface area (TPSA) is 49.6 Å². The molecular formula is C21H33N3O. The van der Waals surface area contributed by atoms with Crippen LogP contribution >= 0.6 is 0 Å². The summed E-state index contributed by atoms with van der Waals surface area (Å²) in [6.45, 7) is 6.53. The van der Waals surface area contributed by atoms with E-state index in [0.29, 0.717) is 18.5 Å². The van der Waals surface area contributed by atoms with E-state index in [9.17, 15) is 4.79 Å². The van der Waals surface area contributed by atoms with Crippen LogP contribution in [0.4, 0.5) is 0 Å². The first-order valence-corrected chi connectivity index (χ1v) is 9.91. The van der Waals surface area contributed by atoms with Gasteiger partial charge >= 0.3 is 0 Å². The average molecular weight is 344 g/mol. The average Bonchev–Trinajstić information content (AvgIpc) is 2.63. The van der Waals surface area contributed by atoms with Crippen molar-refractivity contribution >= 4 is 5.91 Å². The molecule has 1 aromatic carbocycles. The standard InChI is InChI=1S/C21H33N3O/c1-17-2-4-18(5-3-17)6-7-19-8-14-24(15-9-19)21(25)16-23-12-10-20(22)11-13-23/h2-5,19-20H,6-16,22H2,1H3. The lowest BCUT2D eigenvalue weighted by Crippen LogP contribution is -2.47. The van der Waals surface area contributed by atoms with Gasteiger partial charge in [0.25, 0.3) is 0 Å². The van der Waals surface area contributed by atoms with E-state index >= 15 is 0 Å². The molecule has 4 nitrogen and oxygen atoms in total. The van der Waals surface area contributed by atoms with E-state index in [-0.39, 0.29) is 0 Å². The van der Waals surface area contributed by atoms with Crippen LogP contribution in [0.2, 0.25) is 0 Å². The third-order valence-corrected chi connectivity index (χ3v) is 5.92. The molecule has 0 aromatic heterocycles. The molecule has 2 aliphatic rings. The molecule has 0 aliphatic carbocycles. The fraction of sp³-hybridized carbons (Fsp3) is 0.667. The first-order valence-electron chi connectivity index (χ1n) is 9.91. The first-order chi connectivity index (χ1) is 12.1. The van der Waals surface area contributed by atoms with Gasteiger partial charge in [-0.3, -0.25) is 9.69 Å². The summed E-state index contributed by atoms with van der Waals surface area (Å²) in [5, 5.41) is 0. The minimum absolute atomic E-state index is 0.312. The number of nitrogens with zero attached hydrogens (tertiary/aromatic N) is 2. The summed E-state index contributed by atoms with van der Waals surface area (Å²) in [7, 11) is 0. The number of nitrogens with two attached hydrogens (primary N) is 1. The van der Waals surface area contributed by atoms with Crippen LogP contribution in [0.15, 0.2) is 24.3 Å². The van der Waals surface area contributed by atoms with Crippen LogP contribution in [0.5, 0.6) is 0 Å². The highest BCUT2D eigenvalue weighted by molar-refractivity contribution is 5.78. The summed E-state index contributed by atoms with van der Waals surface area (Å²) in [4.78, 5) is 16.9. The largest absolute Gasteiger partial charge is 0.342 e. The number of hydrogen-bond donors (Lipinski definition) is 1. The fourth-order valence-corrected chi connectivity index (χ4v) is 4.00. The van der Waals surface area contributed by atoms with Gasteiger partial charge in [0.1, 0.15) is 0 Å². The van der Waals surface area contributed by atoms with Crippen molar-refractivity contribution in [2.75, 3.05) is 32.7 Å².